The minimum atomic E-state index is -0.575. The number of nitro groups is 1. The van der Waals surface area contributed by atoms with Crippen LogP contribution in [-0.2, 0) is 13.0 Å². The summed E-state index contributed by atoms with van der Waals surface area (Å²) in [7, 11) is 1.44. The number of hydrogen-bond acceptors (Lipinski definition) is 8. The van der Waals surface area contributed by atoms with Crippen LogP contribution in [0.4, 0.5) is 10.1 Å². The molecule has 0 radical (unpaired) electrons. The Morgan fingerprint density at radius 2 is 2.10 bits per heavy atom. The van der Waals surface area contributed by atoms with Crippen molar-refractivity contribution < 1.29 is 14.1 Å². The molecule has 2 aromatic heterocycles. The summed E-state index contributed by atoms with van der Waals surface area (Å²) in [5.74, 6) is 0.119. The fraction of sp³-hybridized carbons (Fsp3) is 0.167. The monoisotopic (exact) mass is 411 g/mol. The number of rotatable bonds is 6. The average molecular weight is 411 g/mol. The Labute approximate surface area is 167 Å². The Bertz CT molecular complexity index is 1300. The van der Waals surface area contributed by atoms with Crippen molar-refractivity contribution in [2.24, 2.45) is 0 Å². The summed E-state index contributed by atoms with van der Waals surface area (Å²) in [6.07, 6.45) is 0.185. The number of nitrogens with zero attached hydrogens (tertiary/aromatic N) is 6. The van der Waals surface area contributed by atoms with Crippen LogP contribution < -0.4 is 10.3 Å². The fourth-order valence-electron chi connectivity index (χ4n) is 3.06. The van der Waals surface area contributed by atoms with Crippen molar-refractivity contribution in [1.29, 1.82) is 0 Å². The molecule has 0 aliphatic rings. The van der Waals surface area contributed by atoms with Crippen LogP contribution in [0.1, 0.15) is 5.56 Å². The van der Waals surface area contributed by atoms with E-state index in [1.54, 1.807) is 12.1 Å². The lowest BCUT2D eigenvalue weighted by Crippen LogP contribution is -2.25. The molecule has 0 fully saturated rings. The molecule has 0 bridgehead atoms. The number of fused-ring (bicyclic) bond motifs is 1. The van der Waals surface area contributed by atoms with E-state index in [0.29, 0.717) is 11.3 Å². The van der Waals surface area contributed by atoms with E-state index >= 15 is 0 Å². The number of methoxy groups -OCH3 is 1. The number of tetrazole rings is 1. The molecule has 0 saturated heterocycles. The molecule has 0 aliphatic carbocycles. The number of aromatic amines is 1. The summed E-state index contributed by atoms with van der Waals surface area (Å²) in [6.45, 7) is 0.0814. The highest BCUT2D eigenvalue weighted by Crippen LogP contribution is 2.21. The first kappa shape index (κ1) is 19.1. The Kier molecular flexibility index (Phi) is 4.88. The van der Waals surface area contributed by atoms with Gasteiger partial charge in [-0.25, -0.2) is 14.5 Å². The van der Waals surface area contributed by atoms with Crippen LogP contribution >= 0.6 is 0 Å². The van der Waals surface area contributed by atoms with Crippen molar-refractivity contribution in [3.05, 3.63) is 68.2 Å². The van der Waals surface area contributed by atoms with Gasteiger partial charge in [0.2, 0.25) is 5.82 Å². The molecule has 0 spiro atoms. The zero-order valence-electron chi connectivity index (χ0n) is 15.6. The second-order valence-electron chi connectivity index (χ2n) is 6.31. The lowest BCUT2D eigenvalue weighted by atomic mass is 10.1. The van der Waals surface area contributed by atoms with Crippen molar-refractivity contribution >= 4 is 16.6 Å². The van der Waals surface area contributed by atoms with Gasteiger partial charge >= 0.3 is 0 Å². The second kappa shape index (κ2) is 7.66. The highest BCUT2D eigenvalue weighted by Gasteiger charge is 2.18. The molecular formula is C18H14FN7O4. The molecule has 0 saturated carbocycles. The van der Waals surface area contributed by atoms with Crippen LogP contribution in [0.25, 0.3) is 22.6 Å². The topological polar surface area (TPSA) is 142 Å². The summed E-state index contributed by atoms with van der Waals surface area (Å²) >= 11 is 0. The Balaban J connectivity index is 1.80. The van der Waals surface area contributed by atoms with Crippen LogP contribution in [-0.4, -0.2) is 42.2 Å². The molecule has 0 aliphatic heterocycles. The molecule has 0 atom stereocenters. The zero-order valence-corrected chi connectivity index (χ0v) is 15.6. The van der Waals surface area contributed by atoms with Gasteiger partial charge in [0.25, 0.3) is 11.2 Å². The molecule has 30 heavy (non-hydrogen) atoms. The third-order valence-corrected chi connectivity index (χ3v) is 4.57. The molecule has 2 heterocycles. The van der Waals surface area contributed by atoms with E-state index < -0.39 is 16.3 Å². The molecule has 4 aromatic rings. The number of H-pyrrole nitrogens is 1. The Morgan fingerprint density at radius 1 is 1.27 bits per heavy atom. The van der Waals surface area contributed by atoms with Gasteiger partial charge in [-0.15, -0.1) is 5.10 Å². The smallest absolute Gasteiger partial charge is 0.271 e. The predicted octanol–water partition coefficient (Wildman–Crippen LogP) is 1.88. The second-order valence-corrected chi connectivity index (χ2v) is 6.31. The van der Waals surface area contributed by atoms with E-state index in [4.69, 9.17) is 4.74 Å². The predicted molar refractivity (Wildman–Crippen MR) is 102 cm³/mol. The lowest BCUT2D eigenvalue weighted by molar-refractivity contribution is -0.384. The lowest BCUT2D eigenvalue weighted by Gasteiger charge is -2.12. The van der Waals surface area contributed by atoms with Gasteiger partial charge in [0, 0.05) is 24.7 Å². The molecule has 0 amide bonds. The van der Waals surface area contributed by atoms with Gasteiger partial charge in [-0.05, 0) is 34.5 Å². The number of hydrogen-bond donors (Lipinski definition) is 1. The maximum absolute atomic E-state index is 14.3. The average Bonchev–Trinajstić information content (AvgIpc) is 3.28. The SMILES string of the molecule is COc1ccc(CCn2c(-c3nnn[nH]3)nc3cc([N+](=O)[O-])ccc3c2=O)c(F)c1. The van der Waals surface area contributed by atoms with E-state index in [1.165, 1.54) is 35.9 Å². The standard InChI is InChI=1S/C18H14FN7O4/c1-30-12-4-2-10(14(19)9-12)6-7-25-17(16-21-23-24-22-16)20-15-8-11(26(28)29)3-5-13(15)18(25)27/h2-5,8-9H,6-7H2,1H3,(H,21,22,23,24). The van der Waals surface area contributed by atoms with Gasteiger partial charge < -0.3 is 4.74 Å². The first-order valence-corrected chi connectivity index (χ1v) is 8.73. The summed E-state index contributed by atoms with van der Waals surface area (Å²) in [6, 6.07) is 8.24. The minimum absolute atomic E-state index is 0.0814. The molecule has 11 nitrogen and oxygen atoms in total. The number of nitrogens with one attached hydrogen (secondary N) is 1. The molecule has 2 aromatic carbocycles. The first-order valence-electron chi connectivity index (χ1n) is 8.73. The van der Waals surface area contributed by atoms with Gasteiger partial charge in [-0.3, -0.25) is 19.5 Å². The molecule has 152 valence electrons. The van der Waals surface area contributed by atoms with Crippen molar-refractivity contribution in [2.45, 2.75) is 13.0 Å². The van der Waals surface area contributed by atoms with Gasteiger partial charge in [-0.1, -0.05) is 6.07 Å². The molecule has 12 heteroatoms. The van der Waals surface area contributed by atoms with E-state index in [1.807, 2.05) is 0 Å². The minimum Gasteiger partial charge on any atom is -0.497 e. The Morgan fingerprint density at radius 3 is 2.77 bits per heavy atom. The molecule has 4 rings (SSSR count). The van der Waals surface area contributed by atoms with Crippen molar-refractivity contribution in [3.63, 3.8) is 0 Å². The van der Waals surface area contributed by atoms with E-state index in [0.717, 1.165) is 0 Å². The summed E-state index contributed by atoms with van der Waals surface area (Å²) < 4.78 is 20.6. The maximum Gasteiger partial charge on any atom is 0.271 e. The van der Waals surface area contributed by atoms with Gasteiger partial charge in [-0.2, -0.15) is 0 Å². The number of aromatic nitrogens is 6. The highest BCUT2D eigenvalue weighted by atomic mass is 19.1. The third kappa shape index (κ3) is 3.45. The zero-order chi connectivity index (χ0) is 21.3. The number of benzene rings is 2. The Hall–Kier alpha value is -4.22. The largest absolute Gasteiger partial charge is 0.497 e. The highest BCUT2D eigenvalue weighted by molar-refractivity contribution is 5.81. The van der Waals surface area contributed by atoms with Crippen LogP contribution in [0, 0.1) is 15.9 Å². The van der Waals surface area contributed by atoms with E-state index in [2.05, 4.69) is 25.6 Å². The summed E-state index contributed by atoms with van der Waals surface area (Å²) in [4.78, 5) is 27.9. The van der Waals surface area contributed by atoms with Crippen molar-refractivity contribution in [2.75, 3.05) is 7.11 Å². The van der Waals surface area contributed by atoms with Crippen molar-refractivity contribution in [3.8, 4) is 17.4 Å². The number of halogens is 1. The number of nitro benzene ring substituents is 1. The number of non-ortho nitro benzene ring substituents is 1. The quantitative estimate of drug-likeness (QED) is 0.374. The number of ether oxygens (including phenoxy) is 1. The van der Waals surface area contributed by atoms with E-state index in [9.17, 15) is 19.3 Å². The van der Waals surface area contributed by atoms with Crippen LogP contribution in [0.15, 0.2) is 41.2 Å². The van der Waals surface area contributed by atoms with Gasteiger partial charge in [0.15, 0.2) is 5.82 Å². The molecular weight excluding hydrogens is 397 g/mol. The summed E-state index contributed by atoms with van der Waals surface area (Å²) in [5.41, 5.74) is -0.134. The van der Waals surface area contributed by atoms with Crippen LogP contribution in [0.3, 0.4) is 0 Å². The van der Waals surface area contributed by atoms with Crippen molar-refractivity contribution in [1.82, 2.24) is 30.2 Å². The van der Waals surface area contributed by atoms with Crippen LogP contribution in [0.5, 0.6) is 5.75 Å². The van der Waals surface area contributed by atoms with Gasteiger partial charge in [0.05, 0.1) is 22.9 Å². The van der Waals surface area contributed by atoms with Crippen LogP contribution in [0.2, 0.25) is 0 Å². The normalized spacial score (nSPS) is 11.0. The van der Waals surface area contributed by atoms with E-state index in [-0.39, 0.29) is 41.2 Å². The molecule has 0 unspecified atom stereocenters. The maximum atomic E-state index is 14.3. The fourth-order valence-corrected chi connectivity index (χ4v) is 3.06. The first-order chi connectivity index (χ1) is 14.5. The third-order valence-electron chi connectivity index (χ3n) is 4.57. The number of aryl methyl sites for hydroxylation is 1. The molecule has 1 N–H and O–H groups in total. The summed E-state index contributed by atoms with van der Waals surface area (Å²) in [5, 5.41) is 24.5. The van der Waals surface area contributed by atoms with Gasteiger partial charge in [0.1, 0.15) is 11.6 Å².